The van der Waals surface area contributed by atoms with Gasteiger partial charge < -0.3 is 9.64 Å². The molecule has 1 saturated carbocycles. The maximum Gasteiger partial charge on any atom is 0.108 e. The van der Waals surface area contributed by atoms with Gasteiger partial charge >= 0.3 is 0 Å². The van der Waals surface area contributed by atoms with Crippen molar-refractivity contribution in [1.29, 1.82) is 5.26 Å². The molecule has 2 atom stereocenters. The second-order valence-electron chi connectivity index (χ2n) is 6.93. The topological polar surface area (TPSA) is 48.3 Å². The van der Waals surface area contributed by atoms with Crippen LogP contribution in [0.4, 0.5) is 0 Å². The lowest BCUT2D eigenvalue weighted by Crippen LogP contribution is -2.55. The molecule has 1 aliphatic carbocycles. The van der Waals surface area contributed by atoms with Crippen molar-refractivity contribution in [3.8, 4) is 6.07 Å². The average molecular weight is 293 g/mol. The van der Waals surface area contributed by atoms with E-state index in [1.165, 1.54) is 6.42 Å². The standard InChI is InChI=1S/C17H31N3O/c1-4-21-16-7-10-20(11-8-16)15-6-5-9-17(12-15,13-18)19-14(2)3/h14-16,19H,4-12H2,1-3H3. The van der Waals surface area contributed by atoms with Crippen LogP contribution in [0.3, 0.4) is 0 Å². The number of hydrogen-bond donors (Lipinski definition) is 1. The van der Waals surface area contributed by atoms with Crippen molar-refractivity contribution in [1.82, 2.24) is 10.2 Å². The zero-order valence-electron chi connectivity index (χ0n) is 13.9. The van der Waals surface area contributed by atoms with Gasteiger partial charge in [0.2, 0.25) is 0 Å². The van der Waals surface area contributed by atoms with E-state index in [4.69, 9.17) is 4.74 Å². The van der Waals surface area contributed by atoms with Crippen molar-refractivity contribution >= 4 is 0 Å². The first kappa shape index (κ1) is 16.7. The van der Waals surface area contributed by atoms with Gasteiger partial charge in [-0.1, -0.05) is 0 Å². The Hall–Kier alpha value is -0.630. The fourth-order valence-electron chi connectivity index (χ4n) is 4.02. The summed E-state index contributed by atoms with van der Waals surface area (Å²) in [5.74, 6) is 0. The van der Waals surface area contributed by atoms with Gasteiger partial charge in [-0.25, -0.2) is 0 Å². The Labute approximate surface area is 129 Å². The second kappa shape index (κ2) is 7.58. The highest BCUT2D eigenvalue weighted by Crippen LogP contribution is 2.33. The molecule has 0 amide bonds. The van der Waals surface area contributed by atoms with Gasteiger partial charge in [-0.2, -0.15) is 5.26 Å². The number of piperidine rings is 1. The summed E-state index contributed by atoms with van der Waals surface area (Å²) in [5, 5.41) is 13.2. The van der Waals surface area contributed by atoms with Crippen molar-refractivity contribution in [2.24, 2.45) is 0 Å². The van der Waals surface area contributed by atoms with Gasteiger partial charge in [-0.3, -0.25) is 5.32 Å². The minimum Gasteiger partial charge on any atom is -0.378 e. The van der Waals surface area contributed by atoms with Crippen molar-refractivity contribution in [3.63, 3.8) is 0 Å². The molecular weight excluding hydrogens is 262 g/mol. The second-order valence-corrected chi connectivity index (χ2v) is 6.93. The smallest absolute Gasteiger partial charge is 0.108 e. The lowest BCUT2D eigenvalue weighted by molar-refractivity contribution is -0.00466. The highest BCUT2D eigenvalue weighted by molar-refractivity contribution is 5.11. The summed E-state index contributed by atoms with van der Waals surface area (Å²) < 4.78 is 5.74. The molecule has 21 heavy (non-hydrogen) atoms. The molecule has 2 unspecified atom stereocenters. The number of ether oxygens (including phenoxy) is 1. The zero-order valence-corrected chi connectivity index (χ0v) is 13.9. The van der Waals surface area contributed by atoms with Gasteiger partial charge in [0, 0.05) is 31.8 Å². The van der Waals surface area contributed by atoms with E-state index in [0.29, 0.717) is 18.2 Å². The number of hydrogen-bond acceptors (Lipinski definition) is 4. The third-order valence-corrected chi connectivity index (χ3v) is 4.90. The summed E-state index contributed by atoms with van der Waals surface area (Å²) in [6.07, 6.45) is 7.09. The summed E-state index contributed by atoms with van der Waals surface area (Å²) in [4.78, 5) is 2.60. The van der Waals surface area contributed by atoms with E-state index < -0.39 is 0 Å². The predicted octanol–water partition coefficient (Wildman–Crippen LogP) is 2.69. The summed E-state index contributed by atoms with van der Waals surface area (Å²) in [5.41, 5.74) is -0.312. The molecule has 4 nitrogen and oxygen atoms in total. The first-order chi connectivity index (χ1) is 10.1. The third-order valence-electron chi connectivity index (χ3n) is 4.90. The van der Waals surface area contributed by atoms with Gasteiger partial charge in [0.15, 0.2) is 0 Å². The van der Waals surface area contributed by atoms with Crippen LogP contribution < -0.4 is 5.32 Å². The fraction of sp³-hybridized carbons (Fsp3) is 0.941. The Morgan fingerprint density at radius 3 is 2.62 bits per heavy atom. The van der Waals surface area contributed by atoms with Gasteiger partial charge in [-0.15, -0.1) is 0 Å². The van der Waals surface area contributed by atoms with E-state index in [2.05, 4.69) is 37.1 Å². The molecule has 0 aromatic heterocycles. The van der Waals surface area contributed by atoms with Crippen LogP contribution in [0.25, 0.3) is 0 Å². The van der Waals surface area contributed by atoms with E-state index in [9.17, 15) is 5.26 Å². The molecule has 1 N–H and O–H groups in total. The maximum atomic E-state index is 9.67. The van der Waals surface area contributed by atoms with E-state index in [0.717, 1.165) is 51.8 Å². The average Bonchev–Trinajstić information content (AvgIpc) is 2.48. The summed E-state index contributed by atoms with van der Waals surface area (Å²) in [7, 11) is 0. The molecule has 2 rings (SSSR count). The highest BCUT2D eigenvalue weighted by Gasteiger charge is 2.39. The van der Waals surface area contributed by atoms with Crippen LogP contribution in [-0.4, -0.2) is 48.3 Å². The molecule has 0 radical (unpaired) electrons. The van der Waals surface area contributed by atoms with Crippen LogP contribution in [0.5, 0.6) is 0 Å². The van der Waals surface area contributed by atoms with E-state index >= 15 is 0 Å². The Balaban J connectivity index is 1.91. The van der Waals surface area contributed by atoms with Crippen LogP contribution in [0.1, 0.15) is 59.3 Å². The molecule has 1 aliphatic heterocycles. The molecule has 0 spiro atoms. The van der Waals surface area contributed by atoms with E-state index in [1.54, 1.807) is 0 Å². The summed E-state index contributed by atoms with van der Waals surface area (Å²) in [6, 6.07) is 3.51. The molecule has 1 heterocycles. The lowest BCUT2D eigenvalue weighted by Gasteiger charge is -2.44. The van der Waals surface area contributed by atoms with Crippen LogP contribution in [-0.2, 0) is 4.74 Å². The van der Waals surface area contributed by atoms with Crippen molar-refractivity contribution in [2.45, 2.75) is 83.0 Å². The first-order valence-electron chi connectivity index (χ1n) is 8.63. The molecular formula is C17H31N3O. The molecule has 2 aliphatic rings. The normalized spacial score (nSPS) is 32.2. The molecule has 1 saturated heterocycles. The van der Waals surface area contributed by atoms with Crippen molar-refractivity contribution in [2.75, 3.05) is 19.7 Å². The van der Waals surface area contributed by atoms with E-state index in [-0.39, 0.29) is 5.54 Å². The van der Waals surface area contributed by atoms with Crippen LogP contribution in [0, 0.1) is 11.3 Å². The largest absolute Gasteiger partial charge is 0.378 e. The summed E-state index contributed by atoms with van der Waals surface area (Å²) in [6.45, 7) is 9.42. The van der Waals surface area contributed by atoms with Gasteiger partial charge in [0.1, 0.15) is 5.54 Å². The van der Waals surface area contributed by atoms with Crippen LogP contribution >= 0.6 is 0 Å². The predicted molar refractivity (Wildman–Crippen MR) is 85.1 cm³/mol. The Bertz CT molecular complexity index is 358. The molecule has 4 heteroatoms. The highest BCUT2D eigenvalue weighted by atomic mass is 16.5. The Morgan fingerprint density at radius 2 is 2.05 bits per heavy atom. The molecule has 0 bridgehead atoms. The van der Waals surface area contributed by atoms with Crippen LogP contribution in [0.2, 0.25) is 0 Å². The Morgan fingerprint density at radius 1 is 1.33 bits per heavy atom. The van der Waals surface area contributed by atoms with Gasteiger partial charge in [-0.05, 0) is 59.3 Å². The summed E-state index contributed by atoms with van der Waals surface area (Å²) >= 11 is 0. The zero-order chi connectivity index (χ0) is 15.3. The lowest BCUT2D eigenvalue weighted by atomic mass is 9.78. The maximum absolute atomic E-state index is 9.67. The first-order valence-corrected chi connectivity index (χ1v) is 8.63. The SMILES string of the molecule is CCOC1CCN(C2CCCC(C#N)(NC(C)C)C2)CC1. The van der Waals surface area contributed by atoms with Crippen molar-refractivity contribution in [3.05, 3.63) is 0 Å². The van der Waals surface area contributed by atoms with Gasteiger partial charge in [0.25, 0.3) is 0 Å². The minimum absolute atomic E-state index is 0.312. The molecule has 120 valence electrons. The number of rotatable bonds is 5. The van der Waals surface area contributed by atoms with Gasteiger partial charge in [0.05, 0.1) is 12.2 Å². The van der Waals surface area contributed by atoms with E-state index in [1.807, 2.05) is 0 Å². The minimum atomic E-state index is -0.312. The number of nitrogens with one attached hydrogen (secondary N) is 1. The number of nitrogens with zero attached hydrogens (tertiary/aromatic N) is 2. The quantitative estimate of drug-likeness (QED) is 0.846. The third kappa shape index (κ3) is 4.42. The molecule has 2 fully saturated rings. The molecule has 0 aromatic carbocycles. The fourth-order valence-corrected chi connectivity index (χ4v) is 4.02. The van der Waals surface area contributed by atoms with Crippen LogP contribution in [0.15, 0.2) is 0 Å². The van der Waals surface area contributed by atoms with Crippen molar-refractivity contribution < 1.29 is 4.74 Å². The number of nitriles is 1. The number of likely N-dealkylation sites (tertiary alicyclic amines) is 1. The Kier molecular flexibility index (Phi) is 6.04. The molecule has 0 aromatic rings. The monoisotopic (exact) mass is 293 g/mol.